The van der Waals surface area contributed by atoms with Gasteiger partial charge < -0.3 is 4.90 Å². The van der Waals surface area contributed by atoms with E-state index in [0.29, 0.717) is 0 Å². The maximum Gasteiger partial charge on any atom is 0.230 e. The first kappa shape index (κ1) is 14.3. The lowest BCUT2D eigenvalue weighted by molar-refractivity contribution is 0.582. The van der Waals surface area contributed by atoms with Crippen molar-refractivity contribution < 1.29 is 0 Å². The van der Waals surface area contributed by atoms with E-state index in [1.54, 1.807) is 5.56 Å². The first-order chi connectivity index (χ1) is 7.92. The van der Waals surface area contributed by atoms with Crippen LogP contribution in [0.3, 0.4) is 0 Å². The summed E-state index contributed by atoms with van der Waals surface area (Å²) in [7, 11) is 0. The SMILES string of the molecule is CCN(CC)c1c(C(C)(C)C)c1=[N+](CC)CC. The summed E-state index contributed by atoms with van der Waals surface area (Å²) in [5.41, 5.74) is 3.37. The Bertz CT molecular complexity index is 377. The summed E-state index contributed by atoms with van der Waals surface area (Å²) in [5, 5.41) is 1.52. The Morgan fingerprint density at radius 1 is 0.941 bits per heavy atom. The van der Waals surface area contributed by atoms with E-state index >= 15 is 0 Å². The second-order valence-electron chi connectivity index (χ2n) is 5.67. The molecule has 0 saturated carbocycles. The van der Waals surface area contributed by atoms with Gasteiger partial charge in [0.1, 0.15) is 18.8 Å². The predicted octanol–water partition coefficient (Wildman–Crippen LogP) is 2.52. The van der Waals surface area contributed by atoms with Gasteiger partial charge in [0.05, 0.1) is 5.56 Å². The van der Waals surface area contributed by atoms with Gasteiger partial charge in [-0.1, -0.05) is 20.8 Å². The van der Waals surface area contributed by atoms with Crippen LogP contribution in [-0.4, -0.2) is 26.2 Å². The summed E-state index contributed by atoms with van der Waals surface area (Å²) in [6.07, 6.45) is 0. The molecule has 0 N–H and O–H groups in total. The topological polar surface area (TPSA) is 6.25 Å². The van der Waals surface area contributed by atoms with Crippen molar-refractivity contribution in [3.05, 3.63) is 10.9 Å². The minimum atomic E-state index is 0.274. The third-order valence-corrected chi connectivity index (χ3v) is 3.54. The van der Waals surface area contributed by atoms with Crippen LogP contribution < -0.4 is 14.8 Å². The van der Waals surface area contributed by atoms with Crippen molar-refractivity contribution in [2.45, 2.75) is 53.9 Å². The average Bonchev–Trinajstić information content (AvgIpc) is 2.97. The number of hydrogen-bond donors (Lipinski definition) is 0. The molecule has 1 aromatic rings. The molecule has 2 nitrogen and oxygen atoms in total. The molecule has 0 radical (unpaired) electrons. The Morgan fingerprint density at radius 3 is 1.71 bits per heavy atom. The first-order valence-electron chi connectivity index (χ1n) is 7.04. The van der Waals surface area contributed by atoms with Gasteiger partial charge in [0.15, 0.2) is 0 Å². The molecule has 0 unspecified atom stereocenters. The summed E-state index contributed by atoms with van der Waals surface area (Å²) in [4.78, 5) is 2.49. The lowest BCUT2D eigenvalue weighted by Crippen LogP contribution is -2.28. The monoisotopic (exact) mass is 237 g/mol. The van der Waals surface area contributed by atoms with E-state index in [1.807, 2.05) is 0 Å². The van der Waals surface area contributed by atoms with Gasteiger partial charge in [-0.2, -0.15) is 0 Å². The highest BCUT2D eigenvalue weighted by Gasteiger charge is 2.38. The lowest BCUT2D eigenvalue weighted by atomic mass is 9.93. The number of hydrogen-bond acceptors (Lipinski definition) is 1. The van der Waals surface area contributed by atoms with E-state index in [1.165, 1.54) is 11.0 Å². The summed E-state index contributed by atoms with van der Waals surface area (Å²) in [6.45, 7) is 20.4. The Balaban J connectivity index is 3.27. The highest BCUT2D eigenvalue weighted by Crippen LogP contribution is 2.34. The number of nitrogens with zero attached hydrogens (tertiary/aromatic N) is 2. The Kier molecular flexibility index (Phi) is 4.40. The van der Waals surface area contributed by atoms with Crippen LogP contribution in [-0.2, 0) is 5.41 Å². The van der Waals surface area contributed by atoms with Crippen LogP contribution in [0.15, 0.2) is 0 Å². The van der Waals surface area contributed by atoms with Gasteiger partial charge in [-0.3, -0.25) is 0 Å². The molecular weight excluding hydrogens is 208 g/mol. The summed E-state index contributed by atoms with van der Waals surface area (Å²) < 4.78 is 2.49. The van der Waals surface area contributed by atoms with Crippen LogP contribution in [0.25, 0.3) is 0 Å². The van der Waals surface area contributed by atoms with Gasteiger partial charge in [0, 0.05) is 13.1 Å². The van der Waals surface area contributed by atoms with Crippen molar-refractivity contribution in [3.63, 3.8) is 0 Å². The third kappa shape index (κ3) is 2.72. The summed E-state index contributed by atoms with van der Waals surface area (Å²) in [6, 6.07) is 0. The molecule has 0 bridgehead atoms. The second-order valence-corrected chi connectivity index (χ2v) is 5.67. The Hall–Kier alpha value is -0.790. The minimum absolute atomic E-state index is 0.274. The molecule has 0 aliphatic rings. The molecule has 1 rings (SSSR count). The molecule has 0 aliphatic carbocycles. The van der Waals surface area contributed by atoms with E-state index in [9.17, 15) is 0 Å². The van der Waals surface area contributed by atoms with Crippen LogP contribution in [0.4, 0.5) is 5.69 Å². The maximum absolute atomic E-state index is 2.49. The molecule has 1 aromatic carbocycles. The molecule has 0 heterocycles. The average molecular weight is 237 g/mol. The molecule has 2 heteroatoms. The Morgan fingerprint density at radius 2 is 1.41 bits per heavy atom. The minimum Gasteiger partial charge on any atom is -0.366 e. The fraction of sp³-hybridized carbons (Fsp3) is 0.800. The Labute approximate surface area is 107 Å². The molecule has 0 spiro atoms. The van der Waals surface area contributed by atoms with E-state index in [-0.39, 0.29) is 5.41 Å². The zero-order chi connectivity index (χ0) is 13.2. The quantitative estimate of drug-likeness (QED) is 0.713. The predicted molar refractivity (Wildman–Crippen MR) is 77.4 cm³/mol. The van der Waals surface area contributed by atoms with E-state index in [0.717, 1.165) is 26.2 Å². The highest BCUT2D eigenvalue weighted by atomic mass is 15.2. The number of anilines is 1. The van der Waals surface area contributed by atoms with Gasteiger partial charge in [-0.15, -0.1) is 0 Å². The molecule has 17 heavy (non-hydrogen) atoms. The summed E-state index contributed by atoms with van der Waals surface area (Å²) >= 11 is 0. The van der Waals surface area contributed by atoms with Gasteiger partial charge in [-0.05, 0) is 33.1 Å². The van der Waals surface area contributed by atoms with Crippen LogP contribution in [0, 0.1) is 0 Å². The van der Waals surface area contributed by atoms with Crippen molar-refractivity contribution in [1.82, 2.24) is 4.58 Å². The van der Waals surface area contributed by atoms with Crippen molar-refractivity contribution >= 4 is 5.69 Å². The van der Waals surface area contributed by atoms with Gasteiger partial charge >= 0.3 is 0 Å². The normalized spacial score (nSPS) is 12.2. The van der Waals surface area contributed by atoms with Crippen molar-refractivity contribution in [2.24, 2.45) is 0 Å². The van der Waals surface area contributed by atoms with E-state index < -0.39 is 0 Å². The molecule has 0 atom stereocenters. The fourth-order valence-electron chi connectivity index (χ4n) is 2.57. The third-order valence-electron chi connectivity index (χ3n) is 3.54. The fourth-order valence-corrected chi connectivity index (χ4v) is 2.57. The molecule has 98 valence electrons. The van der Waals surface area contributed by atoms with Gasteiger partial charge in [0.2, 0.25) is 5.36 Å². The maximum atomic E-state index is 2.49. The first-order valence-corrected chi connectivity index (χ1v) is 7.04. The second kappa shape index (κ2) is 5.24. The molecular formula is C15H29N2+. The van der Waals surface area contributed by atoms with Gasteiger partial charge in [0.25, 0.3) is 0 Å². The van der Waals surface area contributed by atoms with Crippen molar-refractivity contribution in [2.75, 3.05) is 31.1 Å². The largest absolute Gasteiger partial charge is 0.366 e. The molecule has 0 saturated heterocycles. The van der Waals surface area contributed by atoms with E-state index in [2.05, 4.69) is 57.9 Å². The zero-order valence-corrected chi connectivity index (χ0v) is 12.7. The zero-order valence-electron chi connectivity index (χ0n) is 12.7. The van der Waals surface area contributed by atoms with Crippen LogP contribution >= 0.6 is 0 Å². The highest BCUT2D eigenvalue weighted by molar-refractivity contribution is 5.68. The molecule has 0 amide bonds. The standard InChI is InChI=1S/C15H29N2/c1-8-16(9-2)13-12(15(5,6)7)14(13)17(10-3)11-4/h8-11H2,1-7H3/q+1. The molecule has 0 aromatic heterocycles. The summed E-state index contributed by atoms with van der Waals surface area (Å²) in [5.74, 6) is 0. The lowest BCUT2D eigenvalue weighted by Gasteiger charge is -2.17. The van der Waals surface area contributed by atoms with Crippen LogP contribution in [0.2, 0.25) is 0 Å². The molecule has 0 fully saturated rings. The molecule has 0 aliphatic heterocycles. The van der Waals surface area contributed by atoms with Crippen molar-refractivity contribution in [1.29, 1.82) is 0 Å². The van der Waals surface area contributed by atoms with Crippen molar-refractivity contribution in [3.8, 4) is 0 Å². The number of rotatable bonds is 5. The van der Waals surface area contributed by atoms with Crippen LogP contribution in [0.5, 0.6) is 0 Å². The van der Waals surface area contributed by atoms with Gasteiger partial charge in [-0.25, -0.2) is 4.58 Å². The smallest absolute Gasteiger partial charge is 0.230 e. The van der Waals surface area contributed by atoms with E-state index in [4.69, 9.17) is 0 Å². The van der Waals surface area contributed by atoms with Crippen LogP contribution in [0.1, 0.15) is 54.0 Å².